The van der Waals surface area contributed by atoms with E-state index in [2.05, 4.69) is 21.6 Å². The average molecular weight is 401 g/mol. The summed E-state index contributed by atoms with van der Waals surface area (Å²) in [7, 11) is -3.88. The minimum absolute atomic E-state index is 0.0162. The van der Waals surface area contributed by atoms with Crippen molar-refractivity contribution in [3.63, 3.8) is 0 Å². The normalized spacial score (nSPS) is 13.1. The quantitative estimate of drug-likeness (QED) is 0.589. The number of hydrogen-bond acceptors (Lipinski definition) is 4. The lowest BCUT2D eigenvalue weighted by molar-refractivity contribution is 0.463. The molecule has 1 atom stereocenters. The van der Waals surface area contributed by atoms with Crippen LogP contribution in [0, 0.1) is 5.92 Å². The Bertz CT molecular complexity index is 1210. The van der Waals surface area contributed by atoms with Crippen molar-refractivity contribution in [2.75, 3.05) is 0 Å². The zero-order chi connectivity index (χ0) is 20.5. The van der Waals surface area contributed by atoms with Gasteiger partial charge in [0.15, 0.2) is 0 Å². The molecule has 148 valence electrons. The molecule has 0 aliphatic heterocycles. The molecule has 3 N–H and O–H groups in total. The van der Waals surface area contributed by atoms with E-state index in [1.807, 2.05) is 38.1 Å². The van der Waals surface area contributed by atoms with Crippen LogP contribution < -0.4 is 16.0 Å². The summed E-state index contributed by atoms with van der Waals surface area (Å²) in [5.74, 6) is 0.0162. The number of fused-ring (bicyclic) bond motifs is 1. The molecule has 0 saturated heterocycles. The largest absolute Gasteiger partial charge is 0.326 e. The van der Waals surface area contributed by atoms with Crippen LogP contribution >= 0.6 is 0 Å². The summed E-state index contributed by atoms with van der Waals surface area (Å²) in [5, 5.41) is 0.107. The van der Waals surface area contributed by atoms with Gasteiger partial charge in [0, 0.05) is 6.04 Å². The maximum absolute atomic E-state index is 13.0. The zero-order valence-electron chi connectivity index (χ0n) is 15.9. The Hall–Kier alpha value is -2.71. The van der Waals surface area contributed by atoms with Crippen molar-refractivity contribution in [2.24, 2.45) is 5.92 Å². The topological polar surface area (TPSA) is 112 Å². The van der Waals surface area contributed by atoms with Crippen LogP contribution in [0.2, 0.25) is 0 Å². The summed E-state index contributed by atoms with van der Waals surface area (Å²) in [6.07, 6.45) is 0.909. The van der Waals surface area contributed by atoms with Gasteiger partial charge >= 0.3 is 5.69 Å². The van der Waals surface area contributed by atoms with E-state index in [0.717, 1.165) is 12.0 Å². The predicted octanol–water partition coefficient (Wildman–Crippen LogP) is 2.45. The molecule has 8 heteroatoms. The molecular weight excluding hydrogens is 378 g/mol. The molecule has 2 aromatic carbocycles. The van der Waals surface area contributed by atoms with Gasteiger partial charge in [-0.1, -0.05) is 45.0 Å². The summed E-state index contributed by atoms with van der Waals surface area (Å²) in [6, 6.07) is 11.5. The Kier molecular flexibility index (Phi) is 5.53. The first kappa shape index (κ1) is 20.0. The molecule has 0 aliphatic rings. The second kappa shape index (κ2) is 7.73. The Balaban J connectivity index is 1.99. The fraction of sp³-hybridized carbons (Fsp3) is 0.300. The van der Waals surface area contributed by atoms with E-state index in [-0.39, 0.29) is 21.7 Å². The second-order valence-corrected chi connectivity index (χ2v) is 8.77. The van der Waals surface area contributed by atoms with Crippen molar-refractivity contribution in [3.05, 3.63) is 74.4 Å². The molecule has 0 aliphatic carbocycles. The van der Waals surface area contributed by atoms with Gasteiger partial charge in [0.05, 0.1) is 15.8 Å². The van der Waals surface area contributed by atoms with Crippen LogP contribution in [-0.4, -0.2) is 18.4 Å². The Morgan fingerprint density at radius 3 is 2.29 bits per heavy atom. The van der Waals surface area contributed by atoms with Gasteiger partial charge in [-0.3, -0.25) is 9.78 Å². The molecule has 0 saturated carbocycles. The number of sulfonamides is 1. The predicted molar refractivity (Wildman–Crippen MR) is 109 cm³/mol. The van der Waals surface area contributed by atoms with Crippen LogP contribution in [0.15, 0.2) is 56.9 Å². The minimum atomic E-state index is -3.88. The lowest BCUT2D eigenvalue weighted by Gasteiger charge is -2.23. The average Bonchev–Trinajstić information content (AvgIpc) is 2.65. The molecule has 0 fully saturated rings. The van der Waals surface area contributed by atoms with E-state index < -0.39 is 27.3 Å². The van der Waals surface area contributed by atoms with Crippen LogP contribution in [0.5, 0.6) is 0 Å². The lowest BCUT2D eigenvalue weighted by atomic mass is 9.96. The molecule has 1 aromatic heterocycles. The third kappa shape index (κ3) is 4.07. The maximum Gasteiger partial charge on any atom is 0.326 e. The van der Waals surface area contributed by atoms with Gasteiger partial charge < -0.3 is 4.98 Å². The molecule has 0 spiro atoms. The standard InChI is InChI=1S/C20H23N3O4S/c1-4-13-5-7-14(8-6-13)18(12(2)3)23-28(26,27)15-9-10-17-16(11-15)19(24)22-20(25)21-17/h5-12,18,23H,4H2,1-3H3,(H2,21,22,24,25)/t18-/m1/s1. The van der Waals surface area contributed by atoms with E-state index in [0.29, 0.717) is 0 Å². The monoisotopic (exact) mass is 401 g/mol. The first-order valence-electron chi connectivity index (χ1n) is 9.09. The summed E-state index contributed by atoms with van der Waals surface area (Å²) < 4.78 is 28.7. The van der Waals surface area contributed by atoms with Crippen molar-refractivity contribution in [3.8, 4) is 0 Å². The number of nitrogens with one attached hydrogen (secondary N) is 3. The highest BCUT2D eigenvalue weighted by atomic mass is 32.2. The van der Waals surface area contributed by atoms with E-state index in [9.17, 15) is 18.0 Å². The van der Waals surface area contributed by atoms with Gasteiger partial charge in [0.25, 0.3) is 5.56 Å². The molecule has 0 unspecified atom stereocenters. The molecule has 28 heavy (non-hydrogen) atoms. The number of rotatable bonds is 6. The van der Waals surface area contributed by atoms with Gasteiger partial charge in [0.1, 0.15) is 0 Å². The molecular formula is C20H23N3O4S. The van der Waals surface area contributed by atoms with E-state index in [1.165, 1.54) is 23.8 Å². The third-order valence-corrected chi connectivity index (χ3v) is 6.16. The van der Waals surface area contributed by atoms with Gasteiger partial charge in [-0.2, -0.15) is 0 Å². The van der Waals surface area contributed by atoms with Gasteiger partial charge in [-0.25, -0.2) is 17.9 Å². The molecule has 7 nitrogen and oxygen atoms in total. The molecule has 3 rings (SSSR count). The Morgan fingerprint density at radius 1 is 1.00 bits per heavy atom. The van der Waals surface area contributed by atoms with Crippen molar-refractivity contribution in [1.29, 1.82) is 0 Å². The van der Waals surface area contributed by atoms with Gasteiger partial charge in [0.2, 0.25) is 10.0 Å². The first-order chi connectivity index (χ1) is 13.2. The van der Waals surface area contributed by atoms with Crippen molar-refractivity contribution in [2.45, 2.75) is 38.1 Å². The Labute approximate surface area is 162 Å². The summed E-state index contributed by atoms with van der Waals surface area (Å²) in [4.78, 5) is 27.9. The first-order valence-corrected chi connectivity index (χ1v) is 10.6. The van der Waals surface area contributed by atoms with Gasteiger partial charge in [-0.15, -0.1) is 0 Å². The number of aryl methyl sites for hydroxylation is 1. The zero-order valence-corrected chi connectivity index (χ0v) is 16.8. The molecule has 1 heterocycles. The maximum atomic E-state index is 13.0. The van der Waals surface area contributed by atoms with Crippen LogP contribution in [0.1, 0.15) is 37.9 Å². The fourth-order valence-corrected chi connectivity index (χ4v) is 4.50. The number of hydrogen-bond donors (Lipinski definition) is 3. The SMILES string of the molecule is CCc1ccc([C@H](NS(=O)(=O)c2ccc3[nH]c(=O)[nH]c(=O)c3c2)C(C)C)cc1. The van der Waals surface area contributed by atoms with Crippen molar-refractivity contribution in [1.82, 2.24) is 14.7 Å². The van der Waals surface area contributed by atoms with Crippen LogP contribution in [-0.2, 0) is 16.4 Å². The summed E-state index contributed by atoms with van der Waals surface area (Å²) in [6.45, 7) is 5.94. The van der Waals surface area contributed by atoms with E-state index >= 15 is 0 Å². The van der Waals surface area contributed by atoms with Gasteiger partial charge in [-0.05, 0) is 41.7 Å². The highest BCUT2D eigenvalue weighted by Gasteiger charge is 2.24. The number of aromatic nitrogens is 2. The third-order valence-electron chi connectivity index (χ3n) is 4.72. The molecule has 3 aromatic rings. The lowest BCUT2D eigenvalue weighted by Crippen LogP contribution is -2.32. The number of benzene rings is 2. The Morgan fingerprint density at radius 2 is 1.68 bits per heavy atom. The number of aromatic amines is 2. The smallest absolute Gasteiger partial charge is 0.307 e. The van der Waals surface area contributed by atoms with E-state index in [1.54, 1.807) is 0 Å². The highest BCUT2D eigenvalue weighted by molar-refractivity contribution is 7.89. The summed E-state index contributed by atoms with van der Waals surface area (Å²) >= 11 is 0. The molecule has 0 radical (unpaired) electrons. The summed E-state index contributed by atoms with van der Waals surface area (Å²) in [5.41, 5.74) is 1.06. The highest BCUT2D eigenvalue weighted by Crippen LogP contribution is 2.25. The second-order valence-electron chi connectivity index (χ2n) is 7.05. The van der Waals surface area contributed by atoms with Crippen LogP contribution in [0.25, 0.3) is 10.9 Å². The molecule has 0 bridgehead atoms. The van der Waals surface area contributed by atoms with Crippen molar-refractivity contribution >= 4 is 20.9 Å². The fourth-order valence-electron chi connectivity index (χ4n) is 3.10. The molecule has 0 amide bonds. The van der Waals surface area contributed by atoms with Crippen molar-refractivity contribution < 1.29 is 8.42 Å². The van der Waals surface area contributed by atoms with Crippen LogP contribution in [0.3, 0.4) is 0 Å². The van der Waals surface area contributed by atoms with Crippen LogP contribution in [0.4, 0.5) is 0 Å². The minimum Gasteiger partial charge on any atom is -0.307 e. The van der Waals surface area contributed by atoms with E-state index in [4.69, 9.17) is 0 Å². The number of H-pyrrole nitrogens is 2.